The third-order valence-electron chi connectivity index (χ3n) is 17.8. The average molecular weight is 1440 g/mol. The summed E-state index contributed by atoms with van der Waals surface area (Å²) in [5.41, 5.74) is 18.6. The predicted molar refractivity (Wildman–Crippen MR) is 366 cm³/mol. The zero-order valence-corrected chi connectivity index (χ0v) is 58.1. The summed E-state index contributed by atoms with van der Waals surface area (Å²) in [6.07, 6.45) is -9.21. The van der Waals surface area contributed by atoms with Gasteiger partial charge < -0.3 is 99.9 Å². The van der Waals surface area contributed by atoms with Crippen molar-refractivity contribution in [1.29, 1.82) is 0 Å². The molecule has 0 radical (unpaired) electrons. The summed E-state index contributed by atoms with van der Waals surface area (Å²) < 4.78 is 12.0. The Morgan fingerprint density at radius 1 is 0.573 bits per heavy atom. The first kappa shape index (κ1) is 80.3. The fraction of sp³-hybridized carbons (Fsp3) is 0.536. The number of hydrogen-bond acceptors (Lipinski definition) is 21. The van der Waals surface area contributed by atoms with Gasteiger partial charge in [-0.1, -0.05) is 106 Å². The van der Waals surface area contributed by atoms with Gasteiger partial charge in [-0.15, -0.1) is 5.10 Å². The van der Waals surface area contributed by atoms with Crippen LogP contribution in [0.2, 0.25) is 0 Å². The number of phenols is 1. The molecule has 0 bridgehead atoms. The molecule has 0 unspecified atom stereocenters. The Hall–Kier alpha value is -10.00. The SMILES string of the molecule is CO[C@H]1O[C@H](Cn2cc(C[C@H]3NC(=O)[C@H](Cc4ccccc4)NC(=O)[C@@H]4CCCN4C(=O)[C@@H](Cc4ccccc4)NC(=O)[C@H](CC(C)C)NC(=O)[C@H](CCCN)NC(=O)[C@H](C(C)C)NC(=O)[C@H](Cc4ccc(O)cc4)NC(=O)[C@H](CCC(N)=O)NC(=O)[C@H](CC(N)=O)NC3=O)nn2)[C@@H](O)[C@H](O)[C@H]1O. The number of fused-ring (bicyclic) bond motifs is 1. The number of phenolic OH excluding ortho intramolecular Hbond substituents is 1. The maximum Gasteiger partial charge on any atom is 0.246 e. The van der Waals surface area contributed by atoms with E-state index in [1.807, 2.05) is 0 Å². The summed E-state index contributed by atoms with van der Waals surface area (Å²) in [7, 11) is 1.20. The molecule has 12 amide bonds. The Morgan fingerprint density at radius 3 is 1.62 bits per heavy atom. The minimum atomic E-state index is -2.00. The van der Waals surface area contributed by atoms with Crippen LogP contribution >= 0.6 is 0 Å². The molecule has 3 fully saturated rings. The predicted octanol–water partition coefficient (Wildman–Crippen LogP) is -4.34. The highest BCUT2D eigenvalue weighted by Gasteiger charge is 2.45. The summed E-state index contributed by atoms with van der Waals surface area (Å²) in [6.45, 7) is 6.53. The highest BCUT2D eigenvalue weighted by Crippen LogP contribution is 2.25. The Bertz CT molecular complexity index is 3590. The number of aromatic nitrogens is 3. The number of hydrogen-bond donors (Lipinski definition) is 16. The van der Waals surface area contributed by atoms with Gasteiger partial charge in [-0.3, -0.25) is 57.5 Å². The molecule has 0 aliphatic carbocycles. The van der Waals surface area contributed by atoms with Crippen LogP contribution in [0.25, 0.3) is 0 Å². The number of amides is 12. The molecule has 7 rings (SSSR count). The molecule has 0 spiro atoms. The average Bonchev–Trinajstić information content (AvgIpc) is 1.15. The molecule has 560 valence electrons. The molecule has 1 aromatic heterocycles. The highest BCUT2D eigenvalue weighted by atomic mass is 16.7. The number of carbonyl (C=O) groups is 12. The second kappa shape index (κ2) is 38.3. The zero-order valence-electron chi connectivity index (χ0n) is 58.1. The Labute approximate surface area is 594 Å². The minimum absolute atomic E-state index is 0.0140. The number of benzene rings is 3. The van der Waals surface area contributed by atoms with Crippen LogP contribution in [0.1, 0.15) is 101 Å². The minimum Gasteiger partial charge on any atom is -0.508 e. The van der Waals surface area contributed by atoms with Crippen LogP contribution in [0.3, 0.4) is 0 Å². The normalized spacial score (nSPS) is 27.2. The van der Waals surface area contributed by atoms with E-state index in [2.05, 4.69) is 58.2 Å². The lowest BCUT2D eigenvalue weighted by Crippen LogP contribution is -2.62. The molecule has 34 heteroatoms. The van der Waals surface area contributed by atoms with Crippen molar-refractivity contribution in [3.05, 3.63) is 114 Å². The molecule has 19 N–H and O–H groups in total. The summed E-state index contributed by atoms with van der Waals surface area (Å²) in [6, 6.07) is 6.94. The van der Waals surface area contributed by atoms with Gasteiger partial charge in [0.1, 0.15) is 90.6 Å². The Kier molecular flexibility index (Phi) is 29.9. The number of rotatable bonds is 22. The first-order valence-electron chi connectivity index (χ1n) is 34.3. The monoisotopic (exact) mass is 1440 g/mol. The van der Waals surface area contributed by atoms with E-state index in [1.54, 1.807) is 88.4 Å². The van der Waals surface area contributed by atoms with Gasteiger partial charge >= 0.3 is 0 Å². The quantitative estimate of drug-likeness (QED) is 0.0354. The molecule has 3 aromatic carbocycles. The third kappa shape index (κ3) is 23.5. The number of aliphatic hydroxyl groups is 3. The largest absolute Gasteiger partial charge is 0.508 e. The van der Waals surface area contributed by atoms with Gasteiger partial charge in [0.05, 0.1) is 18.7 Å². The number of primary amides is 2. The lowest BCUT2D eigenvalue weighted by molar-refractivity contribution is -0.292. The van der Waals surface area contributed by atoms with Gasteiger partial charge in [0, 0.05) is 52.0 Å². The lowest BCUT2D eigenvalue weighted by Gasteiger charge is -2.39. The van der Waals surface area contributed by atoms with E-state index in [0.717, 1.165) is 4.68 Å². The van der Waals surface area contributed by atoms with E-state index >= 15 is 19.2 Å². The summed E-state index contributed by atoms with van der Waals surface area (Å²) in [5, 5.41) is 74.2. The molecule has 34 nitrogen and oxygen atoms in total. The van der Waals surface area contributed by atoms with Crippen molar-refractivity contribution < 1.29 is 87.4 Å². The van der Waals surface area contributed by atoms with Crippen LogP contribution in [0.15, 0.2) is 91.1 Å². The van der Waals surface area contributed by atoms with Crippen molar-refractivity contribution in [3.63, 3.8) is 0 Å². The smallest absolute Gasteiger partial charge is 0.246 e. The van der Waals surface area contributed by atoms with Crippen LogP contribution in [0, 0.1) is 11.8 Å². The van der Waals surface area contributed by atoms with Crippen molar-refractivity contribution in [3.8, 4) is 5.75 Å². The molecule has 3 aliphatic rings. The van der Waals surface area contributed by atoms with Crippen LogP contribution in [-0.4, -0.2) is 223 Å². The summed E-state index contributed by atoms with van der Waals surface area (Å²) >= 11 is 0. The number of carbonyl (C=O) groups excluding carboxylic acids is 12. The third-order valence-corrected chi connectivity index (χ3v) is 17.8. The number of aliphatic hydroxyl groups excluding tert-OH is 3. The van der Waals surface area contributed by atoms with E-state index in [1.165, 1.54) is 42.5 Å². The number of nitrogens with zero attached hydrogens (tertiary/aromatic N) is 4. The maximum absolute atomic E-state index is 15.3. The van der Waals surface area contributed by atoms with Gasteiger partial charge in [-0.05, 0) is 85.7 Å². The molecule has 3 aliphatic heterocycles. The highest BCUT2D eigenvalue weighted by molar-refractivity contribution is 6.01. The standard InChI is InChI=1S/C69H96N16O18/c1-36(2)28-45-61(94)80-50(31-39-16-10-7-11-17-39)68(101)85-27-13-19-51(85)66(99)79-46(29-38-14-8-6-9-15-38)62(95)77-48(32-41-34-84(83-82-41)35-52-56(89)57(90)58(91)69(102-5)103-52)63(96)78-49(33-54(72)88)64(97)73-44(24-25-53(71)87)60(93)76-47(30-40-20-22-42(86)23-21-40)65(98)81-55(37(3)4)67(100)74-43(18-12-26-70)59(92)75-45/h6-11,14-17,20-23,34,36-37,43-52,55-58,69,86,89-91H,12-13,18-19,24-33,35,70H2,1-5H3,(H2,71,87)(H2,72,88)(H,73,97)(H,74,100)(H,75,92)(H,76,93)(H,77,95)(H,78,96)(H,79,99)(H,80,94)(H,81,98)/t43-,44-,45-,46-,47-,48+,49-,50+,51-,52+,55-,56+,57-,58+,69-/m0/s1. The van der Waals surface area contributed by atoms with Crippen molar-refractivity contribution in [2.24, 2.45) is 29.0 Å². The van der Waals surface area contributed by atoms with E-state index in [0.29, 0.717) is 16.7 Å². The van der Waals surface area contributed by atoms with Gasteiger partial charge in [-0.2, -0.15) is 0 Å². The number of nitrogens with one attached hydrogen (secondary N) is 9. The molecular weight excluding hydrogens is 1340 g/mol. The van der Waals surface area contributed by atoms with Gasteiger partial charge in [-0.25, -0.2) is 4.68 Å². The topological polar surface area (TPSA) is 524 Å². The summed E-state index contributed by atoms with van der Waals surface area (Å²) in [5.74, 6) is -12.8. The maximum atomic E-state index is 15.3. The first-order chi connectivity index (χ1) is 49.0. The van der Waals surface area contributed by atoms with Gasteiger partial charge in [0.25, 0.3) is 0 Å². The number of aromatic hydroxyl groups is 1. The fourth-order valence-corrected chi connectivity index (χ4v) is 12.3. The lowest BCUT2D eigenvalue weighted by atomic mass is 9.99. The van der Waals surface area contributed by atoms with E-state index in [4.69, 9.17) is 26.7 Å². The van der Waals surface area contributed by atoms with Crippen LogP contribution in [0.5, 0.6) is 5.75 Å². The summed E-state index contributed by atoms with van der Waals surface area (Å²) in [4.78, 5) is 176. The number of nitrogens with two attached hydrogens (primary N) is 3. The molecule has 3 saturated heterocycles. The molecule has 15 atom stereocenters. The number of methoxy groups -OCH3 is 1. The Balaban J connectivity index is 1.33. The molecular formula is C69H96N16O18. The van der Waals surface area contributed by atoms with Crippen molar-refractivity contribution in [2.45, 2.75) is 202 Å². The second-order valence-corrected chi connectivity index (χ2v) is 26.8. The Morgan fingerprint density at radius 2 is 1.06 bits per heavy atom. The molecule has 4 aromatic rings. The fourth-order valence-electron chi connectivity index (χ4n) is 12.3. The van der Waals surface area contributed by atoms with E-state index in [9.17, 15) is 58.8 Å². The zero-order chi connectivity index (χ0) is 75.2. The molecule has 103 heavy (non-hydrogen) atoms. The molecule has 0 saturated carbocycles. The van der Waals surface area contributed by atoms with E-state index < -0.39 is 194 Å². The van der Waals surface area contributed by atoms with E-state index in [-0.39, 0.29) is 88.4 Å². The first-order valence-corrected chi connectivity index (χ1v) is 34.3. The van der Waals surface area contributed by atoms with Gasteiger partial charge in [0.2, 0.25) is 70.9 Å². The van der Waals surface area contributed by atoms with Crippen LogP contribution in [0.4, 0.5) is 0 Å². The molecule has 4 heterocycles. The second-order valence-electron chi connectivity index (χ2n) is 26.8. The van der Waals surface area contributed by atoms with Crippen LogP contribution in [-0.2, 0) is 99.2 Å². The van der Waals surface area contributed by atoms with Crippen molar-refractivity contribution >= 4 is 70.9 Å². The van der Waals surface area contributed by atoms with Crippen molar-refractivity contribution in [1.82, 2.24) is 67.7 Å². The van der Waals surface area contributed by atoms with Gasteiger partial charge in [0.15, 0.2) is 6.29 Å². The number of ether oxygens (including phenoxy) is 2. The van der Waals surface area contributed by atoms with Crippen molar-refractivity contribution in [2.75, 3.05) is 20.2 Å². The van der Waals surface area contributed by atoms with Crippen LogP contribution < -0.4 is 65.1 Å².